The lowest BCUT2D eigenvalue weighted by atomic mass is 9.98. The highest BCUT2D eigenvalue weighted by Gasteiger charge is 2.25. The van der Waals surface area contributed by atoms with Crippen LogP contribution in [0.25, 0.3) is 0 Å². The predicted molar refractivity (Wildman–Crippen MR) is 75.0 cm³/mol. The van der Waals surface area contributed by atoms with Gasteiger partial charge in [0, 0.05) is 18.2 Å². The number of hydrogen-bond acceptors (Lipinski definition) is 4. The Bertz CT molecular complexity index is 475. The number of likely N-dealkylation sites (tertiary alicyclic amines) is 1. The van der Waals surface area contributed by atoms with E-state index in [1.807, 2.05) is 12.1 Å². The van der Waals surface area contributed by atoms with Crippen molar-refractivity contribution >= 4 is 5.97 Å². The summed E-state index contributed by atoms with van der Waals surface area (Å²) in [5.74, 6) is -0.166. The molecule has 1 saturated heterocycles. The number of phenols is 1. The molecule has 110 valence electrons. The molecular formula is C15H21NO4. The number of hydrogen-bond donors (Lipinski definition) is 2. The van der Waals surface area contributed by atoms with Crippen molar-refractivity contribution < 1.29 is 19.7 Å². The van der Waals surface area contributed by atoms with E-state index >= 15 is 0 Å². The summed E-state index contributed by atoms with van der Waals surface area (Å²) in [6.45, 7) is 1.43. The Kier molecular flexibility index (Phi) is 4.84. The van der Waals surface area contributed by atoms with Gasteiger partial charge in [-0.15, -0.1) is 0 Å². The molecule has 0 amide bonds. The summed E-state index contributed by atoms with van der Waals surface area (Å²) in [6, 6.07) is 5.45. The van der Waals surface area contributed by atoms with Crippen LogP contribution >= 0.6 is 0 Å². The molecule has 0 saturated carbocycles. The van der Waals surface area contributed by atoms with E-state index in [4.69, 9.17) is 9.84 Å². The molecule has 5 nitrogen and oxygen atoms in total. The van der Waals surface area contributed by atoms with Gasteiger partial charge < -0.3 is 14.9 Å². The zero-order chi connectivity index (χ0) is 14.5. The first-order valence-electron chi connectivity index (χ1n) is 6.92. The second-order valence-electron chi connectivity index (χ2n) is 5.19. The molecule has 0 spiro atoms. The average molecular weight is 279 g/mol. The topological polar surface area (TPSA) is 70.0 Å². The van der Waals surface area contributed by atoms with Gasteiger partial charge >= 0.3 is 5.97 Å². The summed E-state index contributed by atoms with van der Waals surface area (Å²) in [4.78, 5) is 13.1. The highest BCUT2D eigenvalue weighted by atomic mass is 16.5. The van der Waals surface area contributed by atoms with Crippen molar-refractivity contribution in [2.45, 2.75) is 38.3 Å². The van der Waals surface area contributed by atoms with Gasteiger partial charge in [-0.2, -0.15) is 0 Å². The third kappa shape index (κ3) is 3.42. The fourth-order valence-electron chi connectivity index (χ4n) is 2.78. The number of benzene rings is 1. The van der Waals surface area contributed by atoms with Crippen LogP contribution in [-0.2, 0) is 11.3 Å². The Balaban J connectivity index is 2.12. The van der Waals surface area contributed by atoms with E-state index in [0.717, 1.165) is 31.4 Å². The molecule has 5 heteroatoms. The second kappa shape index (κ2) is 6.61. The normalized spacial score (nSPS) is 19.8. The van der Waals surface area contributed by atoms with Crippen LogP contribution < -0.4 is 4.74 Å². The van der Waals surface area contributed by atoms with Crippen LogP contribution in [-0.4, -0.2) is 40.8 Å². The lowest BCUT2D eigenvalue weighted by Gasteiger charge is -2.35. The maximum absolute atomic E-state index is 10.9. The molecule has 1 fully saturated rings. The van der Waals surface area contributed by atoms with E-state index < -0.39 is 5.97 Å². The van der Waals surface area contributed by atoms with E-state index in [0.29, 0.717) is 12.3 Å². The third-order valence-corrected chi connectivity index (χ3v) is 3.84. The van der Waals surface area contributed by atoms with E-state index in [2.05, 4.69) is 4.90 Å². The number of carboxylic acids is 1. The molecule has 2 rings (SSSR count). The summed E-state index contributed by atoms with van der Waals surface area (Å²) in [7, 11) is 1.52. The Hall–Kier alpha value is -1.75. The fraction of sp³-hybridized carbons (Fsp3) is 0.533. The minimum absolute atomic E-state index is 0.0480. The molecule has 2 N–H and O–H groups in total. The smallest absolute Gasteiger partial charge is 0.304 e. The van der Waals surface area contributed by atoms with Crippen LogP contribution in [0.2, 0.25) is 0 Å². The minimum Gasteiger partial charge on any atom is -0.504 e. The lowest BCUT2D eigenvalue weighted by Crippen LogP contribution is -2.40. The van der Waals surface area contributed by atoms with Gasteiger partial charge in [-0.05, 0) is 25.5 Å². The van der Waals surface area contributed by atoms with Crippen LogP contribution in [0, 0.1) is 0 Å². The lowest BCUT2D eigenvalue weighted by molar-refractivity contribution is -0.138. The largest absolute Gasteiger partial charge is 0.504 e. The molecule has 1 aliphatic heterocycles. The molecule has 20 heavy (non-hydrogen) atoms. The average Bonchev–Trinajstić information content (AvgIpc) is 2.42. The number of piperidine rings is 1. The standard InChI is InChI=1S/C15H21NO4/c1-20-13-7-4-5-11(15(13)19)10-16-8-3-2-6-12(16)9-14(17)18/h4-5,7,12,19H,2-3,6,8-10H2,1H3,(H,17,18). The Morgan fingerprint density at radius 3 is 2.95 bits per heavy atom. The zero-order valence-corrected chi connectivity index (χ0v) is 11.7. The predicted octanol–water partition coefficient (Wildman–Crippen LogP) is 2.23. The maximum atomic E-state index is 10.9. The fourth-order valence-corrected chi connectivity index (χ4v) is 2.78. The molecule has 1 unspecified atom stereocenters. The highest BCUT2D eigenvalue weighted by Crippen LogP contribution is 2.32. The summed E-state index contributed by atoms with van der Waals surface area (Å²) in [5, 5.41) is 19.1. The van der Waals surface area contributed by atoms with Gasteiger partial charge in [0.15, 0.2) is 11.5 Å². The van der Waals surface area contributed by atoms with Crippen LogP contribution in [0.5, 0.6) is 11.5 Å². The number of methoxy groups -OCH3 is 1. The maximum Gasteiger partial charge on any atom is 0.304 e. The first-order valence-corrected chi connectivity index (χ1v) is 6.92. The number of aliphatic carboxylic acids is 1. The summed E-state index contributed by atoms with van der Waals surface area (Å²) in [5.41, 5.74) is 0.779. The number of carbonyl (C=O) groups is 1. The van der Waals surface area contributed by atoms with E-state index in [9.17, 15) is 9.90 Å². The van der Waals surface area contributed by atoms with Crippen molar-refractivity contribution in [2.75, 3.05) is 13.7 Å². The number of aromatic hydroxyl groups is 1. The molecule has 0 radical (unpaired) electrons. The molecular weight excluding hydrogens is 258 g/mol. The van der Waals surface area contributed by atoms with Crippen molar-refractivity contribution in [3.8, 4) is 11.5 Å². The number of ether oxygens (including phenoxy) is 1. The van der Waals surface area contributed by atoms with E-state index in [-0.39, 0.29) is 18.2 Å². The van der Waals surface area contributed by atoms with Crippen molar-refractivity contribution in [1.29, 1.82) is 0 Å². The molecule has 1 aromatic carbocycles. The van der Waals surface area contributed by atoms with Crippen molar-refractivity contribution in [3.05, 3.63) is 23.8 Å². The first-order chi connectivity index (χ1) is 9.61. The van der Waals surface area contributed by atoms with Gasteiger partial charge in [0.25, 0.3) is 0 Å². The third-order valence-electron chi connectivity index (χ3n) is 3.84. The van der Waals surface area contributed by atoms with Crippen molar-refractivity contribution in [1.82, 2.24) is 4.90 Å². The Labute approximate surface area is 118 Å². The highest BCUT2D eigenvalue weighted by molar-refractivity contribution is 5.67. The first kappa shape index (κ1) is 14.7. The van der Waals surface area contributed by atoms with Crippen LogP contribution in [0.1, 0.15) is 31.2 Å². The molecule has 1 aliphatic rings. The molecule has 0 aliphatic carbocycles. The van der Waals surface area contributed by atoms with Crippen molar-refractivity contribution in [3.63, 3.8) is 0 Å². The number of carboxylic acid groups (broad SMARTS) is 1. The Morgan fingerprint density at radius 2 is 2.25 bits per heavy atom. The van der Waals surface area contributed by atoms with Crippen molar-refractivity contribution in [2.24, 2.45) is 0 Å². The van der Waals surface area contributed by atoms with Gasteiger partial charge in [0.2, 0.25) is 0 Å². The molecule has 1 atom stereocenters. The molecule has 1 heterocycles. The van der Waals surface area contributed by atoms with Gasteiger partial charge in [0.1, 0.15) is 0 Å². The Morgan fingerprint density at radius 1 is 1.45 bits per heavy atom. The van der Waals surface area contributed by atoms with E-state index in [1.165, 1.54) is 7.11 Å². The number of phenolic OH excluding ortho intramolecular Hbond substituents is 1. The van der Waals surface area contributed by atoms with Gasteiger partial charge in [-0.1, -0.05) is 18.6 Å². The number of para-hydroxylation sites is 1. The minimum atomic E-state index is -0.767. The molecule has 0 bridgehead atoms. The zero-order valence-electron chi connectivity index (χ0n) is 11.7. The van der Waals surface area contributed by atoms with E-state index in [1.54, 1.807) is 6.07 Å². The summed E-state index contributed by atoms with van der Waals surface area (Å²) < 4.78 is 5.10. The molecule has 1 aromatic rings. The van der Waals surface area contributed by atoms with Gasteiger partial charge in [-0.25, -0.2) is 0 Å². The summed E-state index contributed by atoms with van der Waals surface area (Å²) >= 11 is 0. The van der Waals surface area contributed by atoms with Crippen LogP contribution in [0.15, 0.2) is 18.2 Å². The second-order valence-corrected chi connectivity index (χ2v) is 5.19. The van der Waals surface area contributed by atoms with Gasteiger partial charge in [0.05, 0.1) is 13.5 Å². The SMILES string of the molecule is COc1cccc(CN2CCCCC2CC(=O)O)c1O. The summed E-state index contributed by atoms with van der Waals surface area (Å²) in [6.07, 6.45) is 3.20. The van der Waals surface area contributed by atoms with Crippen LogP contribution in [0.4, 0.5) is 0 Å². The van der Waals surface area contributed by atoms with Gasteiger partial charge in [-0.3, -0.25) is 9.69 Å². The monoisotopic (exact) mass is 279 g/mol. The van der Waals surface area contributed by atoms with Crippen LogP contribution in [0.3, 0.4) is 0 Å². The number of rotatable bonds is 5. The number of nitrogens with zero attached hydrogens (tertiary/aromatic N) is 1. The molecule has 0 aromatic heterocycles. The quantitative estimate of drug-likeness (QED) is 0.865.